The second-order valence-electron chi connectivity index (χ2n) is 5.85. The average Bonchev–Trinajstić information content (AvgIpc) is 2.94. The first-order valence-electron chi connectivity index (χ1n) is 8.43. The minimum Gasteiger partial charge on any atom is -0.508 e. The Hall–Kier alpha value is -2.99. The van der Waals surface area contributed by atoms with Gasteiger partial charge in [0, 0.05) is 0 Å². The van der Waals surface area contributed by atoms with Gasteiger partial charge in [-0.25, -0.2) is 9.79 Å². The van der Waals surface area contributed by atoms with E-state index in [4.69, 9.17) is 4.74 Å². The number of aliphatic imine (C=N–C) groups is 1. The molecule has 5 nitrogen and oxygen atoms in total. The summed E-state index contributed by atoms with van der Waals surface area (Å²) < 4.78 is 5.08. The van der Waals surface area contributed by atoms with Crippen molar-refractivity contribution in [2.45, 2.75) is 13.8 Å². The molecule has 0 amide bonds. The third kappa shape index (κ3) is 4.23. The molecule has 1 aliphatic rings. The number of aromatic hydroxyl groups is 1. The van der Waals surface area contributed by atoms with E-state index in [0.29, 0.717) is 21.2 Å². The minimum atomic E-state index is -0.618. The zero-order valence-electron chi connectivity index (χ0n) is 15.0. The third-order valence-electron chi connectivity index (χ3n) is 3.89. The van der Waals surface area contributed by atoms with Gasteiger partial charge >= 0.3 is 5.97 Å². The highest BCUT2D eigenvalue weighted by Gasteiger charge is 2.33. The van der Waals surface area contributed by atoms with Crippen molar-refractivity contribution in [3.63, 3.8) is 0 Å². The van der Waals surface area contributed by atoms with Gasteiger partial charge in [0.2, 0.25) is 0 Å². The maximum Gasteiger partial charge on any atom is 0.344 e. The number of hydrogen-bond donors (Lipinski definition) is 2. The highest BCUT2D eigenvalue weighted by molar-refractivity contribution is 8.18. The molecule has 1 aliphatic heterocycles. The van der Waals surface area contributed by atoms with Crippen LogP contribution in [0.25, 0.3) is 6.08 Å². The molecule has 1 heterocycles. The lowest BCUT2D eigenvalue weighted by Gasteiger charge is -2.03. The van der Waals surface area contributed by atoms with E-state index in [9.17, 15) is 15.0 Å². The van der Waals surface area contributed by atoms with Gasteiger partial charge in [0.15, 0.2) is 0 Å². The monoisotopic (exact) mass is 381 g/mol. The minimum absolute atomic E-state index is 0.0493. The zero-order valence-corrected chi connectivity index (χ0v) is 15.8. The molecular weight excluding hydrogens is 362 g/mol. The Kier molecular flexibility index (Phi) is 5.66. The number of esters is 1. The number of carbonyl (C=O) groups excluding carboxylic acids is 1. The lowest BCUT2D eigenvalue weighted by molar-refractivity contribution is -0.138. The predicted octanol–water partition coefficient (Wildman–Crippen LogP) is 4.89. The topological polar surface area (TPSA) is 79.1 Å². The van der Waals surface area contributed by atoms with Crippen LogP contribution in [-0.4, -0.2) is 27.8 Å². The Morgan fingerprint density at radius 2 is 1.93 bits per heavy atom. The van der Waals surface area contributed by atoms with E-state index in [0.717, 1.165) is 5.56 Å². The first kappa shape index (κ1) is 18.8. The standard InChI is InChI=1S/C21H19NO4S/c1-3-26-21(25)18-19(24)17(12-14-10-9-13(2)16(23)11-14)27-20(18)22-15-7-5-4-6-8-15/h4-12,23-24H,3H2,1-2H3/b17-12-,22-20?. The lowest BCUT2D eigenvalue weighted by Crippen LogP contribution is -2.12. The number of rotatable bonds is 4. The normalized spacial score (nSPS) is 17.0. The number of phenols is 1. The number of ether oxygens (including phenoxy) is 1. The van der Waals surface area contributed by atoms with E-state index < -0.39 is 5.97 Å². The number of nitrogens with zero attached hydrogens (tertiary/aromatic N) is 1. The predicted molar refractivity (Wildman–Crippen MR) is 108 cm³/mol. The molecule has 0 saturated carbocycles. The van der Waals surface area contributed by atoms with E-state index in [1.165, 1.54) is 11.8 Å². The number of phenolic OH excluding ortho intramolecular Hbond substituents is 1. The van der Waals surface area contributed by atoms with Crippen molar-refractivity contribution in [1.29, 1.82) is 0 Å². The summed E-state index contributed by atoms with van der Waals surface area (Å²) in [4.78, 5) is 17.3. The number of carbonyl (C=O) groups is 1. The summed E-state index contributed by atoms with van der Waals surface area (Å²) in [6.45, 7) is 3.71. The summed E-state index contributed by atoms with van der Waals surface area (Å²) in [7, 11) is 0. The van der Waals surface area contributed by atoms with Crippen molar-refractivity contribution in [3.8, 4) is 5.75 Å². The molecule has 2 aromatic rings. The molecule has 0 saturated heterocycles. The molecule has 0 fully saturated rings. The number of thioether (sulfide) groups is 1. The average molecular weight is 381 g/mol. The van der Waals surface area contributed by atoms with Crippen LogP contribution in [0.2, 0.25) is 0 Å². The Morgan fingerprint density at radius 3 is 2.59 bits per heavy atom. The van der Waals surface area contributed by atoms with Crippen LogP contribution in [0.15, 0.2) is 69.8 Å². The molecule has 6 heteroatoms. The van der Waals surface area contributed by atoms with Crippen LogP contribution in [0, 0.1) is 6.92 Å². The summed E-state index contributed by atoms with van der Waals surface area (Å²) >= 11 is 1.19. The molecule has 0 spiro atoms. The summed E-state index contributed by atoms with van der Waals surface area (Å²) in [5.74, 6) is -0.625. The zero-order chi connectivity index (χ0) is 19.4. The highest BCUT2D eigenvalue weighted by atomic mass is 32.2. The van der Waals surface area contributed by atoms with Crippen molar-refractivity contribution < 1.29 is 19.7 Å². The molecule has 138 valence electrons. The van der Waals surface area contributed by atoms with Crippen molar-refractivity contribution >= 4 is 34.5 Å². The first-order chi connectivity index (χ1) is 13.0. The largest absolute Gasteiger partial charge is 0.508 e. The van der Waals surface area contributed by atoms with E-state index in [-0.39, 0.29) is 23.7 Å². The second kappa shape index (κ2) is 8.14. The Labute approximate surface area is 161 Å². The molecule has 0 bridgehead atoms. The van der Waals surface area contributed by atoms with Gasteiger partial charge < -0.3 is 14.9 Å². The SMILES string of the molecule is CCOC(=O)C1=C(O)/C(=C/c2ccc(C)c(O)c2)SC1=Nc1ccccc1. The summed E-state index contributed by atoms with van der Waals surface area (Å²) in [6, 6.07) is 14.4. The summed E-state index contributed by atoms with van der Waals surface area (Å²) in [6.07, 6.45) is 1.70. The van der Waals surface area contributed by atoms with E-state index in [1.807, 2.05) is 36.4 Å². The quantitative estimate of drug-likeness (QED) is 0.737. The van der Waals surface area contributed by atoms with Crippen LogP contribution in [0.4, 0.5) is 5.69 Å². The fourth-order valence-corrected chi connectivity index (χ4v) is 3.51. The van der Waals surface area contributed by atoms with Gasteiger partial charge in [-0.2, -0.15) is 0 Å². The fraction of sp³-hybridized carbons (Fsp3) is 0.143. The Balaban J connectivity index is 2.04. The molecule has 0 aromatic heterocycles. The van der Waals surface area contributed by atoms with Crippen molar-refractivity contribution in [3.05, 3.63) is 75.9 Å². The van der Waals surface area contributed by atoms with E-state index in [2.05, 4.69) is 4.99 Å². The molecular formula is C21H19NO4S. The third-order valence-corrected chi connectivity index (χ3v) is 4.91. The molecule has 0 unspecified atom stereocenters. The van der Waals surface area contributed by atoms with Gasteiger partial charge in [0.25, 0.3) is 0 Å². The van der Waals surface area contributed by atoms with Crippen molar-refractivity contribution in [2.24, 2.45) is 4.99 Å². The maximum atomic E-state index is 12.4. The van der Waals surface area contributed by atoms with Gasteiger partial charge in [-0.15, -0.1) is 0 Å². The molecule has 2 N–H and O–H groups in total. The maximum absolute atomic E-state index is 12.4. The van der Waals surface area contributed by atoms with Crippen molar-refractivity contribution in [1.82, 2.24) is 0 Å². The number of hydrogen-bond acceptors (Lipinski definition) is 6. The van der Waals surface area contributed by atoms with E-state index >= 15 is 0 Å². The van der Waals surface area contributed by atoms with Crippen LogP contribution < -0.4 is 0 Å². The van der Waals surface area contributed by atoms with Gasteiger partial charge in [0.1, 0.15) is 22.1 Å². The molecule has 27 heavy (non-hydrogen) atoms. The van der Waals surface area contributed by atoms with Gasteiger partial charge in [-0.1, -0.05) is 42.1 Å². The van der Waals surface area contributed by atoms with Gasteiger partial charge in [-0.3, -0.25) is 0 Å². The van der Waals surface area contributed by atoms with Crippen LogP contribution in [-0.2, 0) is 9.53 Å². The number of aliphatic hydroxyl groups is 1. The Bertz CT molecular complexity index is 961. The first-order valence-corrected chi connectivity index (χ1v) is 9.25. The fourth-order valence-electron chi connectivity index (χ4n) is 2.48. The summed E-state index contributed by atoms with van der Waals surface area (Å²) in [5.41, 5.74) is 2.18. The van der Waals surface area contributed by atoms with Crippen molar-refractivity contribution in [2.75, 3.05) is 6.61 Å². The number of aryl methyl sites for hydroxylation is 1. The van der Waals surface area contributed by atoms with Gasteiger partial charge in [0.05, 0.1) is 17.2 Å². The molecule has 0 atom stereocenters. The molecule has 3 rings (SSSR count). The van der Waals surface area contributed by atoms with E-state index in [1.54, 1.807) is 32.1 Å². The van der Waals surface area contributed by atoms with Gasteiger partial charge in [-0.05, 0) is 49.2 Å². The molecule has 0 aliphatic carbocycles. The Morgan fingerprint density at radius 1 is 1.19 bits per heavy atom. The lowest BCUT2D eigenvalue weighted by atomic mass is 10.1. The van der Waals surface area contributed by atoms with Crippen LogP contribution >= 0.6 is 11.8 Å². The number of aliphatic hydroxyl groups excluding tert-OH is 1. The number of benzene rings is 2. The second-order valence-corrected chi connectivity index (χ2v) is 6.88. The van der Waals surface area contributed by atoms with Crippen LogP contribution in [0.1, 0.15) is 18.1 Å². The highest BCUT2D eigenvalue weighted by Crippen LogP contribution is 2.40. The smallest absolute Gasteiger partial charge is 0.344 e. The van der Waals surface area contributed by atoms with Crippen LogP contribution in [0.5, 0.6) is 5.75 Å². The molecule has 2 aromatic carbocycles. The number of para-hydroxylation sites is 1. The summed E-state index contributed by atoms with van der Waals surface area (Å²) in [5, 5.41) is 20.9. The molecule has 0 radical (unpaired) electrons. The van der Waals surface area contributed by atoms with Crippen LogP contribution in [0.3, 0.4) is 0 Å².